The monoisotopic (exact) mass is 216 g/mol. The molecule has 16 heavy (non-hydrogen) atoms. The normalized spacial score (nSPS) is 24.1. The first-order valence-corrected chi connectivity index (χ1v) is 5.63. The van der Waals surface area contributed by atoms with Gasteiger partial charge >= 0.3 is 0 Å². The Morgan fingerprint density at radius 2 is 1.50 bits per heavy atom. The van der Waals surface area contributed by atoms with E-state index in [-0.39, 0.29) is 17.0 Å². The van der Waals surface area contributed by atoms with Crippen molar-refractivity contribution in [3.63, 3.8) is 0 Å². The van der Waals surface area contributed by atoms with Gasteiger partial charge in [0, 0.05) is 12.8 Å². The molecule has 0 aromatic carbocycles. The third kappa shape index (κ3) is 2.06. The average molecular weight is 216 g/mol. The van der Waals surface area contributed by atoms with Crippen LogP contribution >= 0.6 is 0 Å². The van der Waals surface area contributed by atoms with Crippen molar-refractivity contribution in [1.29, 1.82) is 0 Å². The highest BCUT2D eigenvalue weighted by Gasteiger charge is 2.36. The molecule has 0 heterocycles. The summed E-state index contributed by atoms with van der Waals surface area (Å²) >= 11 is 0. The molecular weight excluding hydrogens is 200 g/mol. The van der Waals surface area contributed by atoms with Crippen LogP contribution in [-0.4, -0.2) is 11.6 Å². The topological polar surface area (TPSA) is 34.1 Å². The van der Waals surface area contributed by atoms with E-state index in [1.54, 1.807) is 0 Å². The predicted octanol–water partition coefficient (Wildman–Crippen LogP) is 2.76. The molecule has 0 saturated heterocycles. The Kier molecular flexibility index (Phi) is 2.66. The summed E-state index contributed by atoms with van der Waals surface area (Å²) in [5.74, 6) is -0.0140. The lowest BCUT2D eigenvalue weighted by Crippen LogP contribution is -2.32. The van der Waals surface area contributed by atoms with Crippen LogP contribution in [0, 0.1) is 5.41 Å². The molecule has 1 saturated carbocycles. The molecular formula is C14H16O2. The molecule has 2 rings (SSSR count). The molecule has 0 spiro atoms. The van der Waals surface area contributed by atoms with Gasteiger partial charge in [-0.05, 0) is 17.4 Å². The van der Waals surface area contributed by atoms with Crippen molar-refractivity contribution in [3.05, 3.63) is 35.5 Å². The summed E-state index contributed by atoms with van der Waals surface area (Å²) in [6.07, 6.45) is 9.53. The van der Waals surface area contributed by atoms with E-state index in [1.165, 1.54) is 0 Å². The van der Waals surface area contributed by atoms with Gasteiger partial charge in [-0.15, -0.1) is 0 Å². The van der Waals surface area contributed by atoms with Crippen LogP contribution in [0.2, 0.25) is 0 Å². The lowest BCUT2D eigenvalue weighted by molar-refractivity contribution is -0.127. The predicted molar refractivity (Wildman–Crippen MR) is 63.0 cm³/mol. The zero-order valence-corrected chi connectivity index (χ0v) is 9.75. The van der Waals surface area contributed by atoms with Gasteiger partial charge in [-0.3, -0.25) is 9.59 Å². The number of ketones is 2. The minimum atomic E-state index is -0.180. The second-order valence-corrected chi connectivity index (χ2v) is 5.23. The Hall–Kier alpha value is -1.44. The molecule has 0 atom stereocenters. The summed E-state index contributed by atoms with van der Waals surface area (Å²) in [4.78, 5) is 23.9. The standard InChI is InChI=1S/C14H16O2/c1-14(2)8-11(15)13(12(16)9-14)10-6-4-3-5-7-10/h4-7H,3,8-9H2,1-2H3. The molecule has 0 aromatic heterocycles. The van der Waals surface area contributed by atoms with E-state index in [4.69, 9.17) is 0 Å². The van der Waals surface area contributed by atoms with Crippen LogP contribution in [-0.2, 0) is 9.59 Å². The number of carbonyl (C=O) groups is 2. The number of Topliss-reactive ketones (excluding diaryl/α,β-unsaturated/α-hetero) is 2. The highest BCUT2D eigenvalue weighted by molar-refractivity contribution is 6.23. The molecule has 0 amide bonds. The van der Waals surface area contributed by atoms with Crippen molar-refractivity contribution in [3.8, 4) is 0 Å². The van der Waals surface area contributed by atoms with Crippen molar-refractivity contribution >= 4 is 11.6 Å². The summed E-state index contributed by atoms with van der Waals surface area (Å²) in [5, 5.41) is 0. The van der Waals surface area contributed by atoms with Gasteiger partial charge in [0.15, 0.2) is 11.6 Å². The first-order valence-electron chi connectivity index (χ1n) is 5.63. The molecule has 2 heteroatoms. The first-order chi connectivity index (χ1) is 7.49. The highest BCUT2D eigenvalue weighted by Crippen LogP contribution is 2.35. The number of hydrogen-bond acceptors (Lipinski definition) is 2. The Labute approximate surface area is 95.7 Å². The summed E-state index contributed by atoms with van der Waals surface area (Å²) in [7, 11) is 0. The largest absolute Gasteiger partial charge is 0.294 e. The second kappa shape index (κ2) is 3.85. The third-order valence-corrected chi connectivity index (χ3v) is 2.99. The minimum absolute atomic E-state index is 0.00699. The minimum Gasteiger partial charge on any atom is -0.294 e. The lowest BCUT2D eigenvalue weighted by atomic mass is 9.73. The maximum Gasteiger partial charge on any atom is 0.167 e. The molecule has 1 fully saturated rings. The van der Waals surface area contributed by atoms with Crippen LogP contribution < -0.4 is 0 Å². The zero-order valence-electron chi connectivity index (χ0n) is 9.75. The molecule has 0 bridgehead atoms. The Morgan fingerprint density at radius 3 is 2.00 bits per heavy atom. The summed E-state index contributed by atoms with van der Waals surface area (Å²) < 4.78 is 0. The van der Waals surface area contributed by atoms with E-state index in [0.29, 0.717) is 18.4 Å². The lowest BCUT2D eigenvalue weighted by Gasteiger charge is -2.29. The average Bonchev–Trinajstić information content (AvgIpc) is 2.16. The van der Waals surface area contributed by atoms with Gasteiger partial charge in [-0.1, -0.05) is 38.2 Å². The first kappa shape index (κ1) is 11.1. The van der Waals surface area contributed by atoms with Gasteiger partial charge in [0.2, 0.25) is 0 Å². The molecule has 84 valence electrons. The fourth-order valence-corrected chi connectivity index (χ4v) is 2.28. The molecule has 0 N–H and O–H groups in total. The van der Waals surface area contributed by atoms with Crippen molar-refractivity contribution in [2.75, 3.05) is 0 Å². The molecule has 2 aliphatic rings. The van der Waals surface area contributed by atoms with E-state index in [2.05, 4.69) is 0 Å². The summed E-state index contributed by atoms with van der Waals surface area (Å²) in [6.45, 7) is 3.94. The van der Waals surface area contributed by atoms with Crippen LogP contribution in [0.5, 0.6) is 0 Å². The van der Waals surface area contributed by atoms with Crippen LogP contribution in [0.4, 0.5) is 0 Å². The zero-order chi connectivity index (χ0) is 11.8. The number of rotatable bonds is 0. The molecule has 2 aliphatic carbocycles. The quantitative estimate of drug-likeness (QED) is 0.461. The second-order valence-electron chi connectivity index (χ2n) is 5.23. The molecule has 0 aromatic rings. The van der Waals surface area contributed by atoms with Crippen LogP contribution in [0.1, 0.15) is 33.1 Å². The number of hydrogen-bond donors (Lipinski definition) is 0. The van der Waals surface area contributed by atoms with Gasteiger partial charge < -0.3 is 0 Å². The van der Waals surface area contributed by atoms with E-state index in [9.17, 15) is 9.59 Å². The van der Waals surface area contributed by atoms with Gasteiger partial charge in [0.05, 0.1) is 5.57 Å². The Morgan fingerprint density at radius 1 is 1.00 bits per heavy atom. The van der Waals surface area contributed by atoms with Crippen LogP contribution in [0.25, 0.3) is 0 Å². The Balaban J connectivity index is 2.40. The Bertz CT molecular complexity index is 398. The fraction of sp³-hybridized carbons (Fsp3) is 0.429. The van der Waals surface area contributed by atoms with Crippen molar-refractivity contribution in [2.45, 2.75) is 33.1 Å². The maximum absolute atomic E-state index is 12.0. The summed E-state index contributed by atoms with van der Waals surface area (Å²) in [6, 6.07) is 0. The number of carbonyl (C=O) groups excluding carboxylic acids is 2. The SMILES string of the molecule is CC1(C)CC(=O)C(=C2C=CCC=C2)C(=O)C1. The van der Waals surface area contributed by atoms with Crippen LogP contribution in [0.15, 0.2) is 35.5 Å². The molecule has 0 unspecified atom stereocenters. The maximum atomic E-state index is 12.0. The van der Waals surface area contributed by atoms with E-state index < -0.39 is 0 Å². The van der Waals surface area contributed by atoms with E-state index in [0.717, 1.165) is 12.0 Å². The molecule has 0 aliphatic heterocycles. The highest BCUT2D eigenvalue weighted by atomic mass is 16.1. The van der Waals surface area contributed by atoms with Crippen molar-refractivity contribution < 1.29 is 9.59 Å². The fourth-order valence-electron chi connectivity index (χ4n) is 2.28. The summed E-state index contributed by atoms with van der Waals surface area (Å²) in [5.41, 5.74) is 1.02. The number of allylic oxidation sites excluding steroid dienone is 6. The van der Waals surface area contributed by atoms with Gasteiger partial charge in [-0.2, -0.15) is 0 Å². The van der Waals surface area contributed by atoms with Crippen molar-refractivity contribution in [2.24, 2.45) is 5.41 Å². The van der Waals surface area contributed by atoms with Gasteiger partial charge in [-0.25, -0.2) is 0 Å². The molecule has 2 nitrogen and oxygen atoms in total. The van der Waals surface area contributed by atoms with E-state index >= 15 is 0 Å². The third-order valence-electron chi connectivity index (χ3n) is 2.99. The smallest absolute Gasteiger partial charge is 0.167 e. The van der Waals surface area contributed by atoms with Crippen molar-refractivity contribution in [1.82, 2.24) is 0 Å². The van der Waals surface area contributed by atoms with Crippen LogP contribution in [0.3, 0.4) is 0 Å². The van der Waals surface area contributed by atoms with Gasteiger partial charge in [0.1, 0.15) is 0 Å². The van der Waals surface area contributed by atoms with Gasteiger partial charge in [0.25, 0.3) is 0 Å². The molecule has 0 radical (unpaired) electrons. The van der Waals surface area contributed by atoms with E-state index in [1.807, 2.05) is 38.2 Å².